The van der Waals surface area contributed by atoms with Crippen molar-refractivity contribution >= 4 is 5.97 Å². The number of hydrogen-bond donors (Lipinski definition) is 1. The molecule has 0 radical (unpaired) electrons. The second-order valence-corrected chi connectivity index (χ2v) is 3.36. The molecule has 0 amide bonds. The molecule has 70 valence electrons. The number of ether oxygens (including phenoxy) is 1. The summed E-state index contributed by atoms with van der Waals surface area (Å²) in [6, 6.07) is 0. The lowest BCUT2D eigenvalue weighted by Crippen LogP contribution is -2.38. The summed E-state index contributed by atoms with van der Waals surface area (Å²) in [7, 11) is 0. The van der Waals surface area contributed by atoms with Crippen molar-refractivity contribution in [2.45, 2.75) is 44.6 Å². The van der Waals surface area contributed by atoms with Crippen LogP contribution >= 0.6 is 0 Å². The largest absolute Gasteiger partial charge is 0.479 e. The van der Waals surface area contributed by atoms with Crippen LogP contribution in [0.2, 0.25) is 0 Å². The van der Waals surface area contributed by atoms with Crippen LogP contribution in [-0.2, 0) is 9.53 Å². The molecule has 12 heavy (non-hydrogen) atoms. The van der Waals surface area contributed by atoms with Crippen LogP contribution in [0.3, 0.4) is 0 Å². The van der Waals surface area contributed by atoms with E-state index >= 15 is 0 Å². The highest BCUT2D eigenvalue weighted by Crippen LogP contribution is 2.33. The van der Waals surface area contributed by atoms with Crippen molar-refractivity contribution in [1.29, 1.82) is 0 Å². The van der Waals surface area contributed by atoms with E-state index in [4.69, 9.17) is 9.84 Å². The summed E-state index contributed by atoms with van der Waals surface area (Å²) >= 11 is 0. The Bertz CT molecular complexity index is 159. The van der Waals surface area contributed by atoms with Crippen LogP contribution in [0.5, 0.6) is 0 Å². The third kappa shape index (κ3) is 1.78. The maximum absolute atomic E-state index is 10.9. The van der Waals surface area contributed by atoms with Gasteiger partial charge >= 0.3 is 5.97 Å². The molecule has 3 heteroatoms. The van der Waals surface area contributed by atoms with Gasteiger partial charge in [-0.2, -0.15) is 0 Å². The maximum Gasteiger partial charge on any atom is 0.335 e. The molecular weight excluding hydrogens is 156 g/mol. The Morgan fingerprint density at radius 3 is 2.50 bits per heavy atom. The van der Waals surface area contributed by atoms with Crippen LogP contribution < -0.4 is 0 Å². The van der Waals surface area contributed by atoms with Gasteiger partial charge in [0.15, 0.2) is 5.60 Å². The van der Waals surface area contributed by atoms with Crippen LogP contribution in [-0.4, -0.2) is 23.3 Å². The highest BCUT2D eigenvalue weighted by Gasteiger charge is 2.42. The van der Waals surface area contributed by atoms with Gasteiger partial charge in [0.1, 0.15) is 0 Å². The van der Waals surface area contributed by atoms with Crippen LogP contribution in [0.1, 0.15) is 39.0 Å². The highest BCUT2D eigenvalue weighted by molar-refractivity contribution is 5.77. The summed E-state index contributed by atoms with van der Waals surface area (Å²) in [5, 5.41) is 8.97. The van der Waals surface area contributed by atoms with E-state index in [1.807, 2.05) is 6.92 Å². The molecule has 3 nitrogen and oxygen atoms in total. The van der Waals surface area contributed by atoms with E-state index in [1.165, 1.54) is 0 Å². The number of carbonyl (C=O) groups is 1. The van der Waals surface area contributed by atoms with Crippen molar-refractivity contribution < 1.29 is 14.6 Å². The van der Waals surface area contributed by atoms with Crippen molar-refractivity contribution in [2.24, 2.45) is 0 Å². The molecular formula is C9H16O3. The van der Waals surface area contributed by atoms with Crippen molar-refractivity contribution in [3.8, 4) is 0 Å². The standard InChI is InChI=1S/C9H16O3/c1-2-7-12-9(8(10)11)5-3-4-6-9/h2-7H2,1H3,(H,10,11). The maximum atomic E-state index is 10.9. The quantitative estimate of drug-likeness (QED) is 0.703. The molecule has 0 atom stereocenters. The molecule has 1 aliphatic carbocycles. The summed E-state index contributed by atoms with van der Waals surface area (Å²) < 4.78 is 5.40. The van der Waals surface area contributed by atoms with Gasteiger partial charge in [-0.1, -0.05) is 6.92 Å². The van der Waals surface area contributed by atoms with E-state index in [0.29, 0.717) is 19.4 Å². The number of carboxylic acid groups (broad SMARTS) is 1. The van der Waals surface area contributed by atoms with Crippen LogP contribution in [0, 0.1) is 0 Å². The molecule has 0 spiro atoms. The Hall–Kier alpha value is -0.570. The van der Waals surface area contributed by atoms with Gasteiger partial charge in [0.2, 0.25) is 0 Å². The van der Waals surface area contributed by atoms with Crippen molar-refractivity contribution in [3.05, 3.63) is 0 Å². The van der Waals surface area contributed by atoms with E-state index < -0.39 is 11.6 Å². The van der Waals surface area contributed by atoms with Crippen molar-refractivity contribution in [2.75, 3.05) is 6.61 Å². The van der Waals surface area contributed by atoms with E-state index in [-0.39, 0.29) is 0 Å². The molecule has 0 unspecified atom stereocenters. The van der Waals surface area contributed by atoms with Gasteiger partial charge in [-0.25, -0.2) is 4.79 Å². The fourth-order valence-corrected chi connectivity index (χ4v) is 1.66. The lowest BCUT2D eigenvalue weighted by atomic mass is 10.0. The van der Waals surface area contributed by atoms with E-state index in [2.05, 4.69) is 0 Å². The zero-order valence-corrected chi connectivity index (χ0v) is 7.51. The van der Waals surface area contributed by atoms with Crippen molar-refractivity contribution in [3.63, 3.8) is 0 Å². The summed E-state index contributed by atoms with van der Waals surface area (Å²) in [5.74, 6) is -0.784. The molecule has 1 fully saturated rings. The first-order valence-corrected chi connectivity index (χ1v) is 4.58. The summed E-state index contributed by atoms with van der Waals surface area (Å²) in [6.45, 7) is 2.55. The Morgan fingerprint density at radius 2 is 2.08 bits per heavy atom. The van der Waals surface area contributed by atoms with Gasteiger partial charge in [-0.3, -0.25) is 0 Å². The highest BCUT2D eigenvalue weighted by atomic mass is 16.5. The molecule has 0 aliphatic heterocycles. The first kappa shape index (κ1) is 9.52. The molecule has 1 rings (SSSR count). The number of rotatable bonds is 4. The molecule has 0 saturated heterocycles. The topological polar surface area (TPSA) is 46.5 Å². The Labute approximate surface area is 72.7 Å². The molecule has 1 N–H and O–H groups in total. The minimum Gasteiger partial charge on any atom is -0.479 e. The zero-order chi connectivity index (χ0) is 9.03. The van der Waals surface area contributed by atoms with Gasteiger partial charge in [0.25, 0.3) is 0 Å². The van der Waals surface area contributed by atoms with Crippen LogP contribution in [0.4, 0.5) is 0 Å². The number of carboxylic acids is 1. The van der Waals surface area contributed by atoms with E-state index in [9.17, 15) is 4.79 Å². The summed E-state index contributed by atoms with van der Waals surface area (Å²) in [4.78, 5) is 10.9. The van der Waals surface area contributed by atoms with Gasteiger partial charge in [-0.15, -0.1) is 0 Å². The first-order valence-electron chi connectivity index (χ1n) is 4.58. The molecule has 1 aliphatic rings. The second-order valence-electron chi connectivity index (χ2n) is 3.36. The molecule has 0 heterocycles. The van der Waals surface area contributed by atoms with Crippen LogP contribution in [0.15, 0.2) is 0 Å². The Balaban J connectivity index is 2.53. The lowest BCUT2D eigenvalue weighted by Gasteiger charge is -2.23. The SMILES string of the molecule is CCCOC1(C(=O)O)CCCC1. The average molecular weight is 172 g/mol. The summed E-state index contributed by atoms with van der Waals surface area (Å²) in [6.07, 6.45) is 4.21. The monoisotopic (exact) mass is 172 g/mol. The molecule has 0 aromatic carbocycles. The number of aliphatic carboxylic acids is 1. The lowest BCUT2D eigenvalue weighted by molar-refractivity contribution is -0.165. The van der Waals surface area contributed by atoms with E-state index in [1.54, 1.807) is 0 Å². The zero-order valence-electron chi connectivity index (χ0n) is 7.51. The first-order chi connectivity index (χ1) is 5.71. The minimum atomic E-state index is -0.837. The Morgan fingerprint density at radius 1 is 1.50 bits per heavy atom. The van der Waals surface area contributed by atoms with E-state index in [0.717, 1.165) is 19.3 Å². The average Bonchev–Trinajstić information content (AvgIpc) is 2.50. The normalized spacial score (nSPS) is 21.1. The summed E-state index contributed by atoms with van der Waals surface area (Å²) in [5.41, 5.74) is -0.837. The van der Waals surface area contributed by atoms with Gasteiger partial charge in [0.05, 0.1) is 0 Å². The van der Waals surface area contributed by atoms with Gasteiger partial charge < -0.3 is 9.84 Å². The fourth-order valence-electron chi connectivity index (χ4n) is 1.66. The molecule has 0 aromatic rings. The van der Waals surface area contributed by atoms with Crippen LogP contribution in [0.25, 0.3) is 0 Å². The second kappa shape index (κ2) is 3.90. The molecule has 0 aromatic heterocycles. The predicted octanol–water partition coefficient (Wildman–Crippen LogP) is 1.81. The predicted molar refractivity (Wildman–Crippen MR) is 45.1 cm³/mol. The molecule has 1 saturated carbocycles. The van der Waals surface area contributed by atoms with Crippen molar-refractivity contribution in [1.82, 2.24) is 0 Å². The number of hydrogen-bond acceptors (Lipinski definition) is 2. The van der Waals surface area contributed by atoms with Gasteiger partial charge in [-0.05, 0) is 32.1 Å². The third-order valence-corrected chi connectivity index (χ3v) is 2.38. The Kier molecular flexibility index (Phi) is 3.09. The minimum absolute atomic E-state index is 0.562. The van der Waals surface area contributed by atoms with Gasteiger partial charge in [0, 0.05) is 6.61 Å². The smallest absolute Gasteiger partial charge is 0.335 e. The molecule has 0 bridgehead atoms. The fraction of sp³-hybridized carbons (Fsp3) is 0.889. The third-order valence-electron chi connectivity index (χ3n) is 2.38.